The van der Waals surface area contributed by atoms with E-state index in [0.717, 1.165) is 17.1 Å². The second kappa shape index (κ2) is 5.35. The SMILES string of the molecule is COc1ccccc1-n1nc(CBr)c(=O)cc1C. The lowest BCUT2D eigenvalue weighted by atomic mass is 10.2. The third-order valence-corrected chi connectivity index (χ3v) is 3.15. The third-order valence-electron chi connectivity index (χ3n) is 2.62. The van der Waals surface area contributed by atoms with Gasteiger partial charge in [0.2, 0.25) is 5.43 Å². The van der Waals surface area contributed by atoms with E-state index >= 15 is 0 Å². The molecule has 94 valence electrons. The van der Waals surface area contributed by atoms with Gasteiger partial charge >= 0.3 is 0 Å². The van der Waals surface area contributed by atoms with Gasteiger partial charge in [0.05, 0.1) is 12.4 Å². The fourth-order valence-corrected chi connectivity index (χ4v) is 2.11. The Morgan fingerprint density at radius 2 is 2.11 bits per heavy atom. The maximum atomic E-state index is 11.7. The van der Waals surface area contributed by atoms with Gasteiger partial charge in [-0.25, -0.2) is 4.68 Å². The van der Waals surface area contributed by atoms with Crippen LogP contribution in [0.1, 0.15) is 11.4 Å². The van der Waals surface area contributed by atoms with Crippen molar-refractivity contribution in [1.82, 2.24) is 9.78 Å². The summed E-state index contributed by atoms with van der Waals surface area (Å²) in [5.74, 6) is 0.720. The molecule has 0 N–H and O–H groups in total. The zero-order valence-corrected chi connectivity index (χ0v) is 11.8. The van der Waals surface area contributed by atoms with Crippen molar-refractivity contribution in [2.75, 3.05) is 7.11 Å². The highest BCUT2D eigenvalue weighted by molar-refractivity contribution is 9.08. The number of alkyl halides is 1. The molecule has 0 fully saturated rings. The number of methoxy groups -OCH3 is 1. The minimum Gasteiger partial charge on any atom is -0.494 e. The molecule has 0 aliphatic heterocycles. The van der Waals surface area contributed by atoms with Gasteiger partial charge in [-0.3, -0.25) is 4.79 Å². The number of aryl methyl sites for hydroxylation is 1. The van der Waals surface area contributed by atoms with Crippen molar-refractivity contribution >= 4 is 15.9 Å². The van der Waals surface area contributed by atoms with Crippen LogP contribution in [-0.4, -0.2) is 16.9 Å². The number of ether oxygens (including phenoxy) is 1. The van der Waals surface area contributed by atoms with E-state index in [9.17, 15) is 4.79 Å². The molecule has 1 heterocycles. The summed E-state index contributed by atoms with van der Waals surface area (Å²) >= 11 is 3.27. The van der Waals surface area contributed by atoms with Crippen LogP contribution in [0.3, 0.4) is 0 Å². The van der Waals surface area contributed by atoms with Gasteiger partial charge in [-0.2, -0.15) is 5.10 Å². The van der Waals surface area contributed by atoms with Crippen molar-refractivity contribution in [1.29, 1.82) is 0 Å². The quantitative estimate of drug-likeness (QED) is 0.818. The van der Waals surface area contributed by atoms with E-state index < -0.39 is 0 Å². The molecule has 5 heteroatoms. The fraction of sp³-hybridized carbons (Fsp3) is 0.231. The molecular formula is C13H13BrN2O2. The first-order chi connectivity index (χ1) is 8.67. The summed E-state index contributed by atoms with van der Waals surface area (Å²) in [6.07, 6.45) is 0. The van der Waals surface area contributed by atoms with Crippen LogP contribution in [0.5, 0.6) is 5.75 Å². The second-order valence-electron chi connectivity index (χ2n) is 3.81. The van der Waals surface area contributed by atoms with E-state index in [1.807, 2.05) is 31.2 Å². The largest absolute Gasteiger partial charge is 0.494 e. The Hall–Kier alpha value is -1.62. The van der Waals surface area contributed by atoms with Crippen LogP contribution < -0.4 is 10.2 Å². The van der Waals surface area contributed by atoms with Gasteiger partial charge in [-0.1, -0.05) is 28.1 Å². The van der Waals surface area contributed by atoms with Gasteiger partial charge in [-0.15, -0.1) is 0 Å². The van der Waals surface area contributed by atoms with Crippen molar-refractivity contribution in [3.63, 3.8) is 0 Å². The van der Waals surface area contributed by atoms with Crippen molar-refractivity contribution in [2.24, 2.45) is 0 Å². The minimum absolute atomic E-state index is 0.0597. The molecule has 0 saturated heterocycles. The molecule has 0 atom stereocenters. The Morgan fingerprint density at radius 3 is 2.78 bits per heavy atom. The molecule has 4 nitrogen and oxygen atoms in total. The molecule has 0 aliphatic rings. The number of hydrogen-bond donors (Lipinski definition) is 0. The summed E-state index contributed by atoms with van der Waals surface area (Å²) in [5, 5.41) is 4.78. The van der Waals surface area contributed by atoms with Crippen LogP contribution in [0.2, 0.25) is 0 Å². The van der Waals surface area contributed by atoms with Crippen LogP contribution in [0, 0.1) is 6.92 Å². The van der Waals surface area contributed by atoms with Gasteiger partial charge in [-0.05, 0) is 19.1 Å². The van der Waals surface area contributed by atoms with Crippen molar-refractivity contribution in [2.45, 2.75) is 12.3 Å². The fourth-order valence-electron chi connectivity index (χ4n) is 1.72. The van der Waals surface area contributed by atoms with E-state index in [0.29, 0.717) is 11.0 Å². The Labute approximate surface area is 113 Å². The van der Waals surface area contributed by atoms with Crippen molar-refractivity contribution in [3.8, 4) is 11.4 Å². The standard InChI is InChI=1S/C13H13BrN2O2/c1-9-7-12(17)10(8-14)15-16(9)11-5-3-4-6-13(11)18-2/h3-7H,8H2,1-2H3. The monoisotopic (exact) mass is 308 g/mol. The minimum atomic E-state index is -0.0597. The molecule has 0 amide bonds. The highest BCUT2D eigenvalue weighted by atomic mass is 79.9. The smallest absolute Gasteiger partial charge is 0.204 e. The van der Waals surface area contributed by atoms with Crippen LogP contribution >= 0.6 is 15.9 Å². The molecule has 2 aromatic rings. The zero-order valence-electron chi connectivity index (χ0n) is 10.2. The van der Waals surface area contributed by atoms with E-state index in [4.69, 9.17) is 4.74 Å². The first kappa shape index (κ1) is 12.8. The van der Waals surface area contributed by atoms with Gasteiger partial charge < -0.3 is 4.74 Å². The maximum absolute atomic E-state index is 11.7. The lowest BCUT2D eigenvalue weighted by Gasteiger charge is -2.13. The van der Waals surface area contributed by atoms with Gasteiger partial charge in [0.15, 0.2) is 0 Å². The molecule has 2 rings (SSSR count). The van der Waals surface area contributed by atoms with Crippen LogP contribution in [0.25, 0.3) is 5.69 Å². The normalized spacial score (nSPS) is 10.4. The van der Waals surface area contributed by atoms with Crippen LogP contribution in [-0.2, 0) is 5.33 Å². The van der Waals surface area contributed by atoms with Crippen LogP contribution in [0.15, 0.2) is 35.1 Å². The lowest BCUT2D eigenvalue weighted by molar-refractivity contribution is 0.411. The summed E-state index contributed by atoms with van der Waals surface area (Å²) in [5.41, 5.74) is 2.01. The summed E-state index contributed by atoms with van der Waals surface area (Å²) in [7, 11) is 1.61. The van der Waals surface area contributed by atoms with Crippen LogP contribution in [0.4, 0.5) is 0 Å². The number of benzene rings is 1. The predicted octanol–water partition coefficient (Wildman–Crippen LogP) is 2.44. The van der Waals surface area contributed by atoms with Gasteiger partial charge in [0, 0.05) is 11.8 Å². The molecule has 1 aromatic heterocycles. The Bertz CT molecular complexity index is 623. The van der Waals surface area contributed by atoms with Gasteiger partial charge in [0.1, 0.15) is 17.1 Å². The molecule has 0 radical (unpaired) electrons. The molecule has 0 saturated carbocycles. The molecule has 0 unspecified atom stereocenters. The number of rotatable bonds is 3. The van der Waals surface area contributed by atoms with Gasteiger partial charge in [0.25, 0.3) is 0 Å². The number of halogens is 1. The Balaban J connectivity index is 2.67. The summed E-state index contributed by atoms with van der Waals surface area (Å²) < 4.78 is 7.03. The van der Waals surface area contributed by atoms with Crippen molar-refractivity contribution in [3.05, 3.63) is 51.9 Å². The zero-order chi connectivity index (χ0) is 13.1. The molecule has 0 spiro atoms. The topological polar surface area (TPSA) is 44.1 Å². The molecular weight excluding hydrogens is 296 g/mol. The number of hydrogen-bond acceptors (Lipinski definition) is 3. The van der Waals surface area contributed by atoms with E-state index in [-0.39, 0.29) is 5.43 Å². The Kier molecular flexibility index (Phi) is 3.81. The number of aromatic nitrogens is 2. The highest BCUT2D eigenvalue weighted by Crippen LogP contribution is 2.22. The summed E-state index contributed by atoms with van der Waals surface area (Å²) in [6, 6.07) is 9.15. The maximum Gasteiger partial charge on any atom is 0.204 e. The lowest BCUT2D eigenvalue weighted by Crippen LogP contribution is -2.18. The number of para-hydroxylation sites is 2. The first-order valence-corrected chi connectivity index (χ1v) is 6.58. The highest BCUT2D eigenvalue weighted by Gasteiger charge is 2.10. The average Bonchev–Trinajstić information content (AvgIpc) is 2.39. The second-order valence-corrected chi connectivity index (χ2v) is 4.37. The van der Waals surface area contributed by atoms with Crippen molar-refractivity contribution < 1.29 is 4.74 Å². The molecule has 0 aliphatic carbocycles. The molecule has 1 aromatic carbocycles. The van der Waals surface area contributed by atoms with E-state index in [1.165, 1.54) is 0 Å². The van der Waals surface area contributed by atoms with E-state index in [2.05, 4.69) is 21.0 Å². The molecule has 0 bridgehead atoms. The number of nitrogens with zero attached hydrogens (tertiary/aromatic N) is 2. The van der Waals surface area contributed by atoms with E-state index in [1.54, 1.807) is 17.9 Å². The summed E-state index contributed by atoms with van der Waals surface area (Å²) in [4.78, 5) is 11.7. The summed E-state index contributed by atoms with van der Waals surface area (Å²) in [6.45, 7) is 1.85. The third kappa shape index (κ3) is 2.31. The Morgan fingerprint density at radius 1 is 1.39 bits per heavy atom. The predicted molar refractivity (Wildman–Crippen MR) is 73.8 cm³/mol. The molecule has 18 heavy (non-hydrogen) atoms. The average molecular weight is 309 g/mol. The first-order valence-electron chi connectivity index (χ1n) is 5.46.